The molecular formula is C14H10F4O. The average molecular weight is 270 g/mol. The number of hydrogen-bond donors (Lipinski definition) is 1. The molecule has 1 N–H and O–H groups in total. The Morgan fingerprint density at radius 2 is 1.63 bits per heavy atom. The van der Waals surface area contributed by atoms with Crippen molar-refractivity contribution in [1.82, 2.24) is 0 Å². The molecule has 0 spiro atoms. The minimum absolute atomic E-state index is 0.0511. The van der Waals surface area contributed by atoms with E-state index in [1.165, 1.54) is 19.1 Å². The van der Waals surface area contributed by atoms with Gasteiger partial charge >= 0.3 is 0 Å². The van der Waals surface area contributed by atoms with Crippen LogP contribution in [0.5, 0.6) is 5.75 Å². The van der Waals surface area contributed by atoms with Crippen molar-refractivity contribution < 1.29 is 22.7 Å². The van der Waals surface area contributed by atoms with Gasteiger partial charge in [-0.3, -0.25) is 0 Å². The van der Waals surface area contributed by atoms with Gasteiger partial charge in [-0.15, -0.1) is 0 Å². The first kappa shape index (κ1) is 13.4. The summed E-state index contributed by atoms with van der Waals surface area (Å²) >= 11 is 0. The maximum Gasteiger partial charge on any atom is 0.194 e. The zero-order chi connectivity index (χ0) is 14.2. The lowest BCUT2D eigenvalue weighted by molar-refractivity contribution is 0.424. The van der Waals surface area contributed by atoms with Gasteiger partial charge in [-0.2, -0.15) is 0 Å². The molecule has 0 bridgehead atoms. The molecule has 0 radical (unpaired) electrons. The summed E-state index contributed by atoms with van der Waals surface area (Å²) in [5.41, 5.74) is -0.0913. The lowest BCUT2D eigenvalue weighted by atomic mass is 10.0. The van der Waals surface area contributed by atoms with E-state index in [0.29, 0.717) is 0 Å². The Morgan fingerprint density at radius 1 is 0.947 bits per heavy atom. The molecule has 2 aromatic carbocycles. The molecule has 0 aliphatic rings. The first-order chi connectivity index (χ1) is 8.91. The van der Waals surface area contributed by atoms with Crippen LogP contribution in [0.3, 0.4) is 0 Å². The Hall–Kier alpha value is -2.04. The van der Waals surface area contributed by atoms with Crippen LogP contribution in [0, 0.1) is 30.2 Å². The van der Waals surface area contributed by atoms with Crippen molar-refractivity contribution in [2.24, 2.45) is 0 Å². The number of aryl methyl sites for hydroxylation is 1. The maximum absolute atomic E-state index is 13.6. The number of phenols is 1. The fourth-order valence-corrected chi connectivity index (χ4v) is 1.83. The van der Waals surface area contributed by atoms with Crippen LogP contribution in [-0.2, 0) is 6.42 Å². The molecule has 0 aromatic heterocycles. The summed E-state index contributed by atoms with van der Waals surface area (Å²) < 4.78 is 53.1. The molecule has 0 saturated carbocycles. The van der Waals surface area contributed by atoms with Crippen LogP contribution < -0.4 is 0 Å². The van der Waals surface area contributed by atoms with Gasteiger partial charge in [0, 0.05) is 12.0 Å². The van der Waals surface area contributed by atoms with Gasteiger partial charge < -0.3 is 5.11 Å². The van der Waals surface area contributed by atoms with E-state index in [0.717, 1.165) is 12.1 Å². The minimum Gasteiger partial charge on any atom is -0.505 e. The lowest BCUT2D eigenvalue weighted by Gasteiger charge is -2.09. The van der Waals surface area contributed by atoms with Crippen LogP contribution in [0.2, 0.25) is 0 Å². The summed E-state index contributed by atoms with van der Waals surface area (Å²) in [6, 6.07) is 4.91. The molecule has 19 heavy (non-hydrogen) atoms. The van der Waals surface area contributed by atoms with Crippen molar-refractivity contribution >= 4 is 0 Å². The van der Waals surface area contributed by atoms with Crippen molar-refractivity contribution in [3.63, 3.8) is 0 Å². The molecule has 0 unspecified atom stereocenters. The van der Waals surface area contributed by atoms with Crippen LogP contribution in [0.15, 0.2) is 24.3 Å². The highest BCUT2D eigenvalue weighted by molar-refractivity contribution is 5.39. The fourth-order valence-electron chi connectivity index (χ4n) is 1.83. The van der Waals surface area contributed by atoms with Crippen molar-refractivity contribution in [1.29, 1.82) is 0 Å². The quantitative estimate of drug-likeness (QED) is 0.649. The molecule has 0 amide bonds. The van der Waals surface area contributed by atoms with Crippen molar-refractivity contribution in [2.45, 2.75) is 13.3 Å². The highest BCUT2D eigenvalue weighted by Crippen LogP contribution is 2.26. The van der Waals surface area contributed by atoms with E-state index in [-0.39, 0.29) is 23.1 Å². The van der Waals surface area contributed by atoms with E-state index >= 15 is 0 Å². The second-order valence-corrected chi connectivity index (χ2v) is 4.22. The van der Waals surface area contributed by atoms with Crippen molar-refractivity contribution in [3.8, 4) is 5.75 Å². The van der Waals surface area contributed by atoms with Gasteiger partial charge in [0.05, 0.1) is 0 Å². The number of rotatable bonds is 2. The Kier molecular flexibility index (Phi) is 3.46. The Morgan fingerprint density at radius 3 is 2.32 bits per heavy atom. The van der Waals surface area contributed by atoms with Crippen LogP contribution in [-0.4, -0.2) is 5.11 Å². The predicted octanol–water partition coefficient (Wildman–Crippen LogP) is 3.85. The second-order valence-electron chi connectivity index (χ2n) is 4.22. The Balaban J connectivity index is 2.47. The first-order valence-corrected chi connectivity index (χ1v) is 5.51. The van der Waals surface area contributed by atoms with Crippen LogP contribution in [0.25, 0.3) is 0 Å². The van der Waals surface area contributed by atoms with Gasteiger partial charge in [-0.05, 0) is 30.2 Å². The number of phenolic OH excluding ortho intramolecular Hbond substituents is 1. The summed E-state index contributed by atoms with van der Waals surface area (Å²) in [6.07, 6.45) is -0.229. The molecule has 2 rings (SSSR count). The van der Waals surface area contributed by atoms with Gasteiger partial charge in [0.15, 0.2) is 29.0 Å². The summed E-state index contributed by atoms with van der Waals surface area (Å²) in [5, 5.41) is 9.48. The second kappa shape index (κ2) is 4.91. The van der Waals surface area contributed by atoms with Gasteiger partial charge in [0.25, 0.3) is 0 Å². The van der Waals surface area contributed by atoms with Gasteiger partial charge in [0.2, 0.25) is 0 Å². The molecule has 0 atom stereocenters. The molecule has 2 aromatic rings. The fraction of sp³-hybridized carbons (Fsp3) is 0.143. The van der Waals surface area contributed by atoms with Crippen molar-refractivity contribution in [3.05, 3.63) is 64.2 Å². The first-order valence-electron chi connectivity index (χ1n) is 5.51. The molecule has 100 valence electrons. The highest BCUT2D eigenvalue weighted by atomic mass is 19.2. The topological polar surface area (TPSA) is 20.2 Å². The average Bonchev–Trinajstić information content (AvgIpc) is 2.38. The van der Waals surface area contributed by atoms with Gasteiger partial charge in [-0.25, -0.2) is 17.6 Å². The molecule has 0 saturated heterocycles. The summed E-state index contributed by atoms with van der Waals surface area (Å²) in [7, 11) is 0. The smallest absolute Gasteiger partial charge is 0.194 e. The van der Waals surface area contributed by atoms with E-state index in [2.05, 4.69) is 0 Å². The number of benzene rings is 2. The lowest BCUT2D eigenvalue weighted by Crippen LogP contribution is -2.02. The van der Waals surface area contributed by atoms with Crippen LogP contribution in [0.4, 0.5) is 17.6 Å². The summed E-state index contributed by atoms with van der Waals surface area (Å²) in [6.45, 7) is 1.30. The zero-order valence-electron chi connectivity index (χ0n) is 9.98. The third kappa shape index (κ3) is 2.41. The van der Waals surface area contributed by atoms with E-state index in [1.54, 1.807) is 0 Å². The molecule has 0 aliphatic heterocycles. The van der Waals surface area contributed by atoms with E-state index in [9.17, 15) is 22.7 Å². The normalized spacial score (nSPS) is 10.8. The zero-order valence-corrected chi connectivity index (χ0v) is 9.98. The highest BCUT2D eigenvalue weighted by Gasteiger charge is 2.18. The van der Waals surface area contributed by atoms with E-state index in [1.807, 2.05) is 0 Å². The molecule has 5 heteroatoms. The third-order valence-corrected chi connectivity index (χ3v) is 2.86. The molecule has 0 fully saturated rings. The monoisotopic (exact) mass is 270 g/mol. The number of halogens is 4. The Bertz CT molecular complexity index is 638. The largest absolute Gasteiger partial charge is 0.505 e. The predicted molar refractivity (Wildman–Crippen MR) is 61.9 cm³/mol. The molecule has 0 heterocycles. The number of para-hydroxylation sites is 1. The Labute approximate surface area is 107 Å². The molecular weight excluding hydrogens is 260 g/mol. The van der Waals surface area contributed by atoms with E-state index in [4.69, 9.17) is 0 Å². The summed E-state index contributed by atoms with van der Waals surface area (Å²) in [4.78, 5) is 0. The minimum atomic E-state index is -1.56. The van der Waals surface area contributed by atoms with Crippen LogP contribution in [0.1, 0.15) is 16.7 Å². The van der Waals surface area contributed by atoms with E-state index < -0.39 is 29.0 Å². The molecule has 1 nitrogen and oxygen atoms in total. The van der Waals surface area contributed by atoms with Crippen molar-refractivity contribution in [2.75, 3.05) is 0 Å². The SMILES string of the molecule is Cc1cc(Cc2cccc(F)c2O)c(F)c(F)c1F. The molecule has 0 aliphatic carbocycles. The standard InChI is InChI=1S/C14H10F4O/c1-7-5-9(12(17)13(18)11(7)16)6-8-3-2-4-10(15)14(8)19/h2-5,19H,6H2,1H3. The number of aromatic hydroxyl groups is 1. The summed E-state index contributed by atoms with van der Waals surface area (Å²) in [5.74, 6) is -5.61. The third-order valence-electron chi connectivity index (χ3n) is 2.86. The van der Waals surface area contributed by atoms with Gasteiger partial charge in [-0.1, -0.05) is 12.1 Å². The van der Waals surface area contributed by atoms with Crippen LogP contribution >= 0.6 is 0 Å². The number of hydrogen-bond acceptors (Lipinski definition) is 1. The van der Waals surface area contributed by atoms with Gasteiger partial charge in [0.1, 0.15) is 0 Å². The maximum atomic E-state index is 13.6.